The Bertz CT molecular complexity index is 454. The lowest BCUT2D eigenvalue weighted by atomic mass is 9.96. The van der Waals surface area contributed by atoms with Crippen LogP contribution in [0.15, 0.2) is 5.16 Å². The van der Waals surface area contributed by atoms with Gasteiger partial charge < -0.3 is 19.6 Å². The highest BCUT2D eigenvalue weighted by atomic mass is 16.7. The smallest absolute Gasteiger partial charge is 0.408 e. The summed E-state index contributed by atoms with van der Waals surface area (Å²) in [6.07, 6.45) is -0.198. The highest BCUT2D eigenvalue weighted by Gasteiger charge is 2.35. The number of esters is 1. The molecule has 0 aromatic rings. The van der Waals surface area contributed by atoms with Crippen LogP contribution in [0.25, 0.3) is 0 Å². The number of oxime groups is 1. The van der Waals surface area contributed by atoms with Crippen molar-refractivity contribution in [2.75, 3.05) is 6.61 Å². The molecule has 0 radical (unpaired) electrons. The molecule has 1 N–H and O–H groups in total. The first-order valence-electron chi connectivity index (χ1n) is 8.02. The van der Waals surface area contributed by atoms with Crippen molar-refractivity contribution in [2.24, 2.45) is 11.1 Å². The summed E-state index contributed by atoms with van der Waals surface area (Å²) < 4.78 is 10.3. The van der Waals surface area contributed by atoms with Crippen LogP contribution in [0.4, 0.5) is 4.79 Å². The molecule has 1 aliphatic heterocycles. The van der Waals surface area contributed by atoms with Crippen molar-refractivity contribution in [1.82, 2.24) is 5.32 Å². The van der Waals surface area contributed by atoms with Crippen molar-refractivity contribution in [3.05, 3.63) is 0 Å². The summed E-state index contributed by atoms with van der Waals surface area (Å²) in [5.74, 6) is -0.347. The molecule has 1 amide bonds. The number of carbonyl (C=O) groups is 2. The van der Waals surface area contributed by atoms with Crippen LogP contribution >= 0.6 is 0 Å². The van der Waals surface area contributed by atoms with Gasteiger partial charge in [0.1, 0.15) is 5.60 Å². The van der Waals surface area contributed by atoms with Crippen molar-refractivity contribution in [2.45, 2.75) is 72.1 Å². The fourth-order valence-electron chi connectivity index (χ4n) is 2.07. The van der Waals surface area contributed by atoms with Gasteiger partial charge in [0, 0.05) is 6.42 Å². The third-order valence-electron chi connectivity index (χ3n) is 3.10. The number of amides is 1. The summed E-state index contributed by atoms with van der Waals surface area (Å²) >= 11 is 0. The van der Waals surface area contributed by atoms with Gasteiger partial charge in [-0.25, -0.2) is 9.59 Å². The van der Waals surface area contributed by atoms with Crippen molar-refractivity contribution >= 4 is 17.8 Å². The maximum absolute atomic E-state index is 12.0. The third-order valence-corrected chi connectivity index (χ3v) is 3.10. The van der Waals surface area contributed by atoms with E-state index in [1.54, 1.807) is 20.8 Å². The molecule has 132 valence electrons. The van der Waals surface area contributed by atoms with Crippen molar-refractivity contribution in [3.63, 3.8) is 0 Å². The van der Waals surface area contributed by atoms with Gasteiger partial charge in [-0.3, -0.25) is 0 Å². The molecule has 2 atom stereocenters. The predicted octanol–water partition coefficient (Wildman–Crippen LogP) is 2.63. The first-order chi connectivity index (χ1) is 10.6. The zero-order valence-corrected chi connectivity index (χ0v) is 14.8. The molecule has 0 spiro atoms. The van der Waals surface area contributed by atoms with Gasteiger partial charge >= 0.3 is 12.1 Å². The Hall–Kier alpha value is -1.79. The number of alkyl carbamates (subject to hydrolysis) is 1. The average molecular weight is 328 g/mol. The SMILES string of the molecule is CCCOC(=O)C1CC([C@@H](NC(=O)OC(C)(C)C)C(C)C)=NO1. The first kappa shape index (κ1) is 19.3. The van der Waals surface area contributed by atoms with Crippen LogP contribution in [-0.4, -0.2) is 42.1 Å². The number of hydrogen-bond donors (Lipinski definition) is 1. The number of carbonyl (C=O) groups excluding carboxylic acids is 2. The number of hydrogen-bond acceptors (Lipinski definition) is 6. The number of nitrogens with one attached hydrogen (secondary N) is 1. The molecule has 1 heterocycles. The number of nitrogens with zero attached hydrogens (tertiary/aromatic N) is 1. The van der Waals surface area contributed by atoms with Gasteiger partial charge in [0.05, 0.1) is 18.4 Å². The van der Waals surface area contributed by atoms with Crippen molar-refractivity contribution in [3.8, 4) is 0 Å². The Kier molecular flexibility index (Phi) is 6.84. The summed E-state index contributed by atoms with van der Waals surface area (Å²) in [5.41, 5.74) is 0.0378. The second-order valence-corrected chi connectivity index (χ2v) is 6.92. The van der Waals surface area contributed by atoms with Crippen LogP contribution in [0.3, 0.4) is 0 Å². The molecule has 0 aromatic heterocycles. The van der Waals surface area contributed by atoms with Crippen LogP contribution in [0.1, 0.15) is 54.4 Å². The highest BCUT2D eigenvalue weighted by molar-refractivity contribution is 5.96. The fourth-order valence-corrected chi connectivity index (χ4v) is 2.07. The van der Waals surface area contributed by atoms with E-state index in [1.807, 2.05) is 20.8 Å². The second-order valence-electron chi connectivity index (χ2n) is 6.92. The van der Waals surface area contributed by atoms with E-state index in [4.69, 9.17) is 14.3 Å². The minimum Gasteiger partial charge on any atom is -0.463 e. The monoisotopic (exact) mass is 328 g/mol. The molecule has 7 nitrogen and oxygen atoms in total. The van der Waals surface area contributed by atoms with Crippen LogP contribution in [0.5, 0.6) is 0 Å². The molecular weight excluding hydrogens is 300 g/mol. The quantitative estimate of drug-likeness (QED) is 0.758. The topological polar surface area (TPSA) is 86.2 Å². The van der Waals surface area contributed by atoms with Gasteiger partial charge in [-0.15, -0.1) is 0 Å². The van der Waals surface area contributed by atoms with Gasteiger partial charge in [0.15, 0.2) is 0 Å². The normalized spacial score (nSPS) is 18.9. The molecule has 1 unspecified atom stereocenters. The largest absolute Gasteiger partial charge is 0.463 e. The molecule has 0 bridgehead atoms. The lowest BCUT2D eigenvalue weighted by molar-refractivity contribution is -0.155. The minimum atomic E-state index is -0.738. The van der Waals surface area contributed by atoms with E-state index in [1.165, 1.54) is 0 Å². The number of rotatable bonds is 6. The van der Waals surface area contributed by atoms with E-state index in [9.17, 15) is 9.59 Å². The average Bonchev–Trinajstić information content (AvgIpc) is 2.89. The van der Waals surface area contributed by atoms with Crippen molar-refractivity contribution in [1.29, 1.82) is 0 Å². The summed E-state index contributed by atoms with van der Waals surface area (Å²) in [4.78, 5) is 28.9. The summed E-state index contributed by atoms with van der Waals surface area (Å²) in [6, 6.07) is -0.353. The Morgan fingerprint density at radius 1 is 1.39 bits per heavy atom. The minimum absolute atomic E-state index is 0.0790. The molecule has 1 rings (SSSR count). The molecule has 23 heavy (non-hydrogen) atoms. The molecule has 0 fully saturated rings. The lowest BCUT2D eigenvalue weighted by Crippen LogP contribution is -2.46. The fraction of sp³-hybridized carbons (Fsp3) is 0.812. The zero-order chi connectivity index (χ0) is 17.6. The zero-order valence-electron chi connectivity index (χ0n) is 14.8. The van der Waals surface area contributed by atoms with E-state index in [0.29, 0.717) is 18.7 Å². The Morgan fingerprint density at radius 2 is 2.04 bits per heavy atom. The summed E-state index contributed by atoms with van der Waals surface area (Å²) in [7, 11) is 0. The van der Waals surface area contributed by atoms with Crippen LogP contribution in [-0.2, 0) is 19.1 Å². The van der Waals surface area contributed by atoms with E-state index < -0.39 is 23.8 Å². The predicted molar refractivity (Wildman–Crippen MR) is 86.2 cm³/mol. The van der Waals surface area contributed by atoms with Gasteiger partial charge in [-0.05, 0) is 33.1 Å². The molecule has 1 aliphatic rings. The van der Waals surface area contributed by atoms with Gasteiger partial charge in [-0.2, -0.15) is 0 Å². The summed E-state index contributed by atoms with van der Waals surface area (Å²) in [5, 5.41) is 6.76. The number of ether oxygens (including phenoxy) is 2. The molecule has 0 aliphatic carbocycles. The van der Waals surface area contributed by atoms with Crippen LogP contribution in [0.2, 0.25) is 0 Å². The van der Waals surface area contributed by atoms with Gasteiger partial charge in [-0.1, -0.05) is 25.9 Å². The Labute approximate surface area is 137 Å². The maximum Gasteiger partial charge on any atom is 0.408 e. The Balaban J connectivity index is 2.62. The van der Waals surface area contributed by atoms with E-state index in [-0.39, 0.29) is 12.0 Å². The van der Waals surface area contributed by atoms with Crippen LogP contribution in [0, 0.1) is 5.92 Å². The molecule has 0 saturated heterocycles. The van der Waals surface area contributed by atoms with Gasteiger partial charge in [0.2, 0.25) is 6.10 Å². The standard InChI is InChI=1S/C16H28N2O5/c1-7-8-21-14(19)12-9-11(18-23-12)13(10(2)3)17-15(20)22-16(4,5)6/h10,12-13H,7-9H2,1-6H3,(H,17,20)/t12?,13-/m0/s1. The van der Waals surface area contributed by atoms with E-state index in [0.717, 1.165) is 6.42 Å². The molecular formula is C16H28N2O5. The maximum atomic E-state index is 12.0. The summed E-state index contributed by atoms with van der Waals surface area (Å²) in [6.45, 7) is 11.6. The first-order valence-corrected chi connectivity index (χ1v) is 8.02. The molecule has 0 aromatic carbocycles. The highest BCUT2D eigenvalue weighted by Crippen LogP contribution is 2.19. The van der Waals surface area contributed by atoms with Crippen LogP contribution < -0.4 is 5.32 Å². The van der Waals surface area contributed by atoms with E-state index in [2.05, 4.69) is 10.5 Å². The molecule has 0 saturated carbocycles. The third kappa shape index (κ3) is 6.46. The Morgan fingerprint density at radius 3 is 2.57 bits per heavy atom. The van der Waals surface area contributed by atoms with Gasteiger partial charge in [0.25, 0.3) is 0 Å². The lowest BCUT2D eigenvalue weighted by Gasteiger charge is -2.25. The second kappa shape index (κ2) is 8.17. The van der Waals surface area contributed by atoms with Crippen molar-refractivity contribution < 1.29 is 23.9 Å². The molecule has 7 heteroatoms. The van der Waals surface area contributed by atoms with E-state index >= 15 is 0 Å².